The van der Waals surface area contributed by atoms with Crippen LogP contribution >= 0.6 is 22.9 Å². The number of thiophene rings is 1. The van der Waals surface area contributed by atoms with Crippen molar-refractivity contribution in [3.05, 3.63) is 93.8 Å². The highest BCUT2D eigenvalue weighted by Gasteiger charge is 2.31. The molecule has 35 heavy (non-hydrogen) atoms. The maximum absolute atomic E-state index is 13.7. The Balaban J connectivity index is 1.83. The van der Waals surface area contributed by atoms with Gasteiger partial charge >= 0.3 is 0 Å². The number of anilines is 3. The van der Waals surface area contributed by atoms with Crippen molar-refractivity contribution >= 4 is 54.9 Å². The molecule has 3 aromatic carbocycles. The zero-order valence-corrected chi connectivity index (χ0v) is 21.4. The third-order valence-electron chi connectivity index (χ3n) is 5.24. The molecule has 1 aromatic heterocycles. The van der Waals surface area contributed by atoms with Crippen molar-refractivity contribution in [2.45, 2.75) is 23.6 Å². The van der Waals surface area contributed by atoms with Crippen LogP contribution < -0.4 is 15.8 Å². The Morgan fingerprint density at radius 2 is 1.63 bits per heavy atom. The molecule has 0 aliphatic carbocycles. The number of halogens is 1. The van der Waals surface area contributed by atoms with Crippen molar-refractivity contribution in [2.75, 3.05) is 17.7 Å². The molecule has 1 heterocycles. The molecule has 0 aliphatic heterocycles. The molecule has 0 radical (unpaired) electrons. The van der Waals surface area contributed by atoms with Gasteiger partial charge in [-0.05, 0) is 74.5 Å². The summed E-state index contributed by atoms with van der Waals surface area (Å²) in [5.41, 5.74) is 8.18. The number of carbonyl (C=O) groups is 1. The lowest BCUT2D eigenvalue weighted by Gasteiger charge is -2.10. The minimum atomic E-state index is -4.03. The largest absolute Gasteiger partial charge is 0.494 e. The second-order valence-electron chi connectivity index (χ2n) is 7.74. The number of ether oxygens (including phenoxy) is 1. The SMILES string of the molecule is CCOc1ccc(Nc2sc(C(=O)c3ccc(Cl)cc3)c(N)c2S(=O)(=O)c2ccc(C)cc2)cc1. The van der Waals surface area contributed by atoms with Gasteiger partial charge in [0, 0.05) is 16.3 Å². The fourth-order valence-corrected chi connectivity index (χ4v) is 6.51. The molecule has 3 N–H and O–H groups in total. The fraction of sp³-hybridized carbons (Fsp3) is 0.115. The third-order valence-corrected chi connectivity index (χ3v) is 8.59. The molecular weight excluding hydrogens is 504 g/mol. The summed E-state index contributed by atoms with van der Waals surface area (Å²) in [6.45, 7) is 4.29. The van der Waals surface area contributed by atoms with E-state index in [0.717, 1.165) is 16.9 Å². The van der Waals surface area contributed by atoms with Crippen LogP contribution in [-0.4, -0.2) is 20.8 Å². The Morgan fingerprint density at radius 3 is 2.23 bits per heavy atom. The Labute approximate surface area is 213 Å². The van der Waals surface area contributed by atoms with Gasteiger partial charge in [-0.2, -0.15) is 0 Å². The molecule has 0 atom stereocenters. The Kier molecular flexibility index (Phi) is 7.16. The number of nitrogens with two attached hydrogens (primary N) is 1. The van der Waals surface area contributed by atoms with Crippen LogP contribution in [0.25, 0.3) is 0 Å². The smallest absolute Gasteiger partial charge is 0.211 e. The predicted octanol–water partition coefficient (Wildman–Crippen LogP) is 6.50. The maximum Gasteiger partial charge on any atom is 0.211 e. The van der Waals surface area contributed by atoms with E-state index in [1.807, 2.05) is 13.8 Å². The average molecular weight is 527 g/mol. The van der Waals surface area contributed by atoms with Crippen molar-refractivity contribution in [1.82, 2.24) is 0 Å². The Hall–Kier alpha value is -3.33. The first-order chi connectivity index (χ1) is 16.7. The summed E-state index contributed by atoms with van der Waals surface area (Å²) in [5, 5.41) is 3.88. The molecule has 6 nitrogen and oxygen atoms in total. The highest BCUT2D eigenvalue weighted by Crippen LogP contribution is 2.44. The molecule has 0 aliphatic rings. The van der Waals surface area contributed by atoms with E-state index in [-0.39, 0.29) is 31.1 Å². The first kappa shape index (κ1) is 24.8. The lowest BCUT2D eigenvalue weighted by molar-refractivity contribution is 0.104. The molecule has 0 bridgehead atoms. The molecule has 4 rings (SSSR count). The minimum Gasteiger partial charge on any atom is -0.494 e. The first-order valence-electron chi connectivity index (χ1n) is 10.7. The van der Waals surface area contributed by atoms with Crippen molar-refractivity contribution < 1.29 is 17.9 Å². The molecule has 0 fully saturated rings. The van der Waals surface area contributed by atoms with Crippen LogP contribution in [0.2, 0.25) is 5.02 Å². The van der Waals surface area contributed by atoms with Gasteiger partial charge in [-0.25, -0.2) is 8.42 Å². The number of carbonyl (C=O) groups excluding carboxylic acids is 1. The standard InChI is InChI=1S/C26H23ClN2O4S2/c1-3-33-20-12-10-19(11-13-20)29-26-25(35(31,32)21-14-4-16(2)5-15-21)22(28)24(34-26)23(30)17-6-8-18(27)9-7-17/h4-15,29H,3,28H2,1-2H3. The highest BCUT2D eigenvalue weighted by molar-refractivity contribution is 7.92. The van der Waals surface area contributed by atoms with Crippen LogP contribution in [-0.2, 0) is 9.84 Å². The van der Waals surface area contributed by atoms with Crippen LogP contribution in [0.5, 0.6) is 5.75 Å². The van der Waals surface area contributed by atoms with E-state index in [0.29, 0.717) is 28.6 Å². The van der Waals surface area contributed by atoms with E-state index in [4.69, 9.17) is 22.1 Å². The normalized spacial score (nSPS) is 11.3. The zero-order valence-electron chi connectivity index (χ0n) is 19.0. The van der Waals surface area contributed by atoms with Crippen molar-refractivity contribution in [1.29, 1.82) is 0 Å². The van der Waals surface area contributed by atoms with Gasteiger partial charge < -0.3 is 15.8 Å². The molecule has 0 saturated heterocycles. The fourth-order valence-electron chi connectivity index (χ4n) is 3.45. The van der Waals surface area contributed by atoms with Crippen LogP contribution in [0, 0.1) is 6.92 Å². The van der Waals surface area contributed by atoms with E-state index in [1.165, 1.54) is 12.1 Å². The molecular formula is C26H23ClN2O4S2. The van der Waals surface area contributed by atoms with Gasteiger partial charge in [0.2, 0.25) is 15.6 Å². The van der Waals surface area contributed by atoms with E-state index in [2.05, 4.69) is 5.32 Å². The van der Waals surface area contributed by atoms with Crippen molar-refractivity contribution in [3.63, 3.8) is 0 Å². The van der Waals surface area contributed by atoms with Crippen LogP contribution in [0.1, 0.15) is 27.7 Å². The van der Waals surface area contributed by atoms with E-state index < -0.39 is 9.84 Å². The number of benzene rings is 3. The number of rotatable bonds is 8. The van der Waals surface area contributed by atoms with Crippen LogP contribution in [0.15, 0.2) is 82.6 Å². The van der Waals surface area contributed by atoms with Gasteiger partial charge in [0.05, 0.1) is 17.2 Å². The lowest BCUT2D eigenvalue weighted by atomic mass is 10.1. The molecule has 4 aromatic rings. The van der Waals surface area contributed by atoms with Crippen molar-refractivity contribution in [2.24, 2.45) is 0 Å². The molecule has 0 unspecified atom stereocenters. The Bertz CT molecular complexity index is 1460. The van der Waals surface area contributed by atoms with Gasteiger partial charge in [0.1, 0.15) is 20.5 Å². The van der Waals surface area contributed by atoms with Crippen LogP contribution in [0.4, 0.5) is 16.4 Å². The summed E-state index contributed by atoms with van der Waals surface area (Å²) in [6, 6.07) is 19.9. The van der Waals surface area contributed by atoms with Gasteiger partial charge in [0.25, 0.3) is 0 Å². The number of hydrogen-bond acceptors (Lipinski definition) is 7. The monoisotopic (exact) mass is 526 g/mol. The summed E-state index contributed by atoms with van der Waals surface area (Å²) < 4.78 is 32.8. The minimum absolute atomic E-state index is 0.0906. The van der Waals surface area contributed by atoms with Gasteiger partial charge in [-0.15, -0.1) is 11.3 Å². The van der Waals surface area contributed by atoms with Gasteiger partial charge in [0.15, 0.2) is 0 Å². The van der Waals surface area contributed by atoms with Crippen molar-refractivity contribution in [3.8, 4) is 5.75 Å². The predicted molar refractivity (Wildman–Crippen MR) is 141 cm³/mol. The van der Waals surface area contributed by atoms with Gasteiger partial charge in [-0.3, -0.25) is 4.79 Å². The second kappa shape index (κ2) is 10.1. The number of sulfone groups is 1. The average Bonchev–Trinajstić information content (AvgIpc) is 3.17. The topological polar surface area (TPSA) is 98.5 Å². The summed E-state index contributed by atoms with van der Waals surface area (Å²) in [6.07, 6.45) is 0. The summed E-state index contributed by atoms with van der Waals surface area (Å²) >= 11 is 6.95. The number of aryl methyl sites for hydroxylation is 1. The number of nitrogen functional groups attached to an aromatic ring is 1. The molecule has 180 valence electrons. The number of nitrogens with one attached hydrogen (secondary N) is 1. The Morgan fingerprint density at radius 1 is 1.00 bits per heavy atom. The molecule has 0 spiro atoms. The van der Waals surface area contributed by atoms with E-state index in [1.54, 1.807) is 60.7 Å². The lowest BCUT2D eigenvalue weighted by Crippen LogP contribution is -2.08. The summed E-state index contributed by atoms with van der Waals surface area (Å²) in [4.78, 5) is 13.4. The second-order valence-corrected chi connectivity index (χ2v) is 11.1. The highest BCUT2D eigenvalue weighted by atomic mass is 35.5. The van der Waals surface area contributed by atoms with Crippen LogP contribution in [0.3, 0.4) is 0 Å². The van der Waals surface area contributed by atoms with E-state index in [9.17, 15) is 13.2 Å². The maximum atomic E-state index is 13.7. The molecule has 0 saturated carbocycles. The number of ketones is 1. The van der Waals surface area contributed by atoms with Gasteiger partial charge in [-0.1, -0.05) is 29.3 Å². The zero-order chi connectivity index (χ0) is 25.2. The molecule has 0 amide bonds. The summed E-state index contributed by atoms with van der Waals surface area (Å²) in [5.74, 6) is 0.305. The van der Waals surface area contributed by atoms with E-state index >= 15 is 0 Å². The first-order valence-corrected chi connectivity index (χ1v) is 13.4. The quantitative estimate of drug-likeness (QED) is 0.254. The third kappa shape index (κ3) is 5.19. The number of hydrogen-bond donors (Lipinski definition) is 2. The summed E-state index contributed by atoms with van der Waals surface area (Å²) in [7, 11) is -4.03. The molecule has 9 heteroatoms.